The molecule has 0 saturated carbocycles. The highest BCUT2D eigenvalue weighted by Crippen LogP contribution is 2.21. The number of nitrogens with zero attached hydrogens (tertiary/aromatic N) is 2. The van der Waals surface area contributed by atoms with Crippen molar-refractivity contribution in [2.45, 2.75) is 33.2 Å². The van der Waals surface area contributed by atoms with Gasteiger partial charge in [0.05, 0.1) is 13.1 Å². The maximum Gasteiger partial charge on any atom is 0.244 e. The fourth-order valence-electron chi connectivity index (χ4n) is 3.14. The van der Waals surface area contributed by atoms with Crippen LogP contribution in [-0.2, 0) is 9.59 Å². The Labute approximate surface area is 172 Å². The van der Waals surface area contributed by atoms with Crippen LogP contribution in [0.1, 0.15) is 37.4 Å². The number of carbonyl (C=O) groups is 2. The molecule has 0 aromatic heterocycles. The van der Waals surface area contributed by atoms with Crippen molar-refractivity contribution in [2.75, 3.05) is 32.0 Å². The Morgan fingerprint density at radius 1 is 1.07 bits per heavy atom. The van der Waals surface area contributed by atoms with Gasteiger partial charge in [-0.25, -0.2) is 4.39 Å². The van der Waals surface area contributed by atoms with Crippen LogP contribution in [0, 0.1) is 12.7 Å². The van der Waals surface area contributed by atoms with Crippen molar-refractivity contribution >= 4 is 17.5 Å². The van der Waals surface area contributed by atoms with E-state index in [1.165, 1.54) is 6.07 Å². The lowest BCUT2D eigenvalue weighted by atomic mass is 10.1. The molecule has 1 unspecified atom stereocenters. The van der Waals surface area contributed by atoms with Gasteiger partial charge in [0.15, 0.2) is 0 Å². The molecular formula is C23H30FN3O2. The highest BCUT2D eigenvalue weighted by atomic mass is 19.1. The molecule has 0 aliphatic rings. The third kappa shape index (κ3) is 6.39. The Balaban J connectivity index is 2.00. The second-order valence-electron chi connectivity index (χ2n) is 7.29. The molecule has 0 heterocycles. The summed E-state index contributed by atoms with van der Waals surface area (Å²) in [6.45, 7) is 6.33. The molecule has 0 aliphatic heterocycles. The normalized spacial score (nSPS) is 11.9. The number of benzene rings is 2. The van der Waals surface area contributed by atoms with E-state index in [-0.39, 0.29) is 36.8 Å². The molecule has 2 amide bonds. The van der Waals surface area contributed by atoms with Crippen molar-refractivity contribution in [3.63, 3.8) is 0 Å². The first-order valence-corrected chi connectivity index (χ1v) is 9.91. The highest BCUT2D eigenvalue weighted by Gasteiger charge is 2.22. The second-order valence-corrected chi connectivity index (χ2v) is 7.29. The molecule has 156 valence electrons. The molecule has 1 atom stereocenters. The molecule has 2 rings (SSSR count). The Morgan fingerprint density at radius 3 is 2.38 bits per heavy atom. The summed E-state index contributed by atoms with van der Waals surface area (Å²) >= 11 is 0. The van der Waals surface area contributed by atoms with Crippen LogP contribution in [0.2, 0.25) is 0 Å². The van der Waals surface area contributed by atoms with Crippen molar-refractivity contribution in [1.82, 2.24) is 9.80 Å². The molecule has 0 radical (unpaired) electrons. The monoisotopic (exact) mass is 399 g/mol. The minimum atomic E-state index is -0.290. The largest absolute Gasteiger partial charge is 0.332 e. The second kappa shape index (κ2) is 10.7. The lowest BCUT2D eigenvalue weighted by molar-refractivity contribution is -0.135. The quantitative estimate of drug-likeness (QED) is 0.693. The maximum atomic E-state index is 14.1. The number of hydrogen-bond donors (Lipinski definition) is 1. The van der Waals surface area contributed by atoms with Crippen LogP contribution < -0.4 is 5.32 Å². The summed E-state index contributed by atoms with van der Waals surface area (Å²) in [6, 6.07) is 13.8. The summed E-state index contributed by atoms with van der Waals surface area (Å²) in [5.41, 5.74) is 2.25. The predicted molar refractivity (Wildman–Crippen MR) is 114 cm³/mol. The number of halogens is 1. The van der Waals surface area contributed by atoms with Gasteiger partial charge in [0.1, 0.15) is 5.82 Å². The van der Waals surface area contributed by atoms with Crippen LogP contribution in [0.15, 0.2) is 48.5 Å². The van der Waals surface area contributed by atoms with E-state index in [0.29, 0.717) is 12.1 Å². The number of anilines is 1. The average molecular weight is 400 g/mol. The van der Waals surface area contributed by atoms with Crippen LogP contribution >= 0.6 is 0 Å². The van der Waals surface area contributed by atoms with Gasteiger partial charge < -0.3 is 10.2 Å². The molecule has 0 fully saturated rings. The van der Waals surface area contributed by atoms with Gasteiger partial charge in [-0.2, -0.15) is 0 Å². The zero-order valence-electron chi connectivity index (χ0n) is 17.6. The van der Waals surface area contributed by atoms with Crippen molar-refractivity contribution in [3.05, 3.63) is 65.5 Å². The minimum Gasteiger partial charge on any atom is -0.332 e. The number of nitrogens with one attached hydrogen (secondary N) is 1. The highest BCUT2D eigenvalue weighted by molar-refractivity contribution is 5.95. The maximum absolute atomic E-state index is 14.1. The Kier molecular flexibility index (Phi) is 8.34. The van der Waals surface area contributed by atoms with Gasteiger partial charge in [-0.1, -0.05) is 43.3 Å². The third-order valence-corrected chi connectivity index (χ3v) is 5.00. The zero-order valence-corrected chi connectivity index (χ0v) is 17.6. The average Bonchev–Trinajstić information content (AvgIpc) is 2.69. The van der Waals surface area contributed by atoms with E-state index in [1.807, 2.05) is 45.0 Å². The van der Waals surface area contributed by atoms with Gasteiger partial charge in [-0.3, -0.25) is 14.5 Å². The topological polar surface area (TPSA) is 52.7 Å². The molecule has 2 aromatic rings. The number of amides is 2. The first-order valence-electron chi connectivity index (χ1n) is 9.91. The molecular weight excluding hydrogens is 369 g/mol. The van der Waals surface area contributed by atoms with Gasteiger partial charge in [0.25, 0.3) is 0 Å². The molecule has 5 nitrogen and oxygen atoms in total. The standard InChI is InChI=1S/C23H30FN3O2/c1-5-14-27(15-22(28)25-21-13-9-6-10-17(21)2)23(29)16-26(4)18(3)19-11-7-8-12-20(19)24/h6-13,18H,5,14-16H2,1-4H3,(H,25,28). The number of rotatable bonds is 9. The third-order valence-electron chi connectivity index (χ3n) is 5.00. The van der Waals surface area contributed by atoms with E-state index in [0.717, 1.165) is 17.7 Å². The molecule has 1 N–H and O–H groups in total. The van der Waals surface area contributed by atoms with Crippen molar-refractivity contribution < 1.29 is 14.0 Å². The number of hydrogen-bond acceptors (Lipinski definition) is 3. The van der Waals surface area contributed by atoms with E-state index < -0.39 is 0 Å². The van der Waals surface area contributed by atoms with Crippen LogP contribution in [-0.4, -0.2) is 48.3 Å². The first-order chi connectivity index (χ1) is 13.8. The van der Waals surface area contributed by atoms with Gasteiger partial charge in [0, 0.05) is 23.8 Å². The summed E-state index contributed by atoms with van der Waals surface area (Å²) in [5.74, 6) is -0.675. The molecule has 6 heteroatoms. The number of aryl methyl sites for hydroxylation is 1. The number of carbonyl (C=O) groups excluding carboxylic acids is 2. The van der Waals surface area contributed by atoms with Gasteiger partial charge in [0.2, 0.25) is 11.8 Å². The van der Waals surface area contributed by atoms with E-state index >= 15 is 0 Å². The number of para-hydroxylation sites is 1. The van der Waals surface area contributed by atoms with Crippen molar-refractivity contribution in [3.8, 4) is 0 Å². The van der Waals surface area contributed by atoms with E-state index in [1.54, 1.807) is 35.0 Å². The van der Waals surface area contributed by atoms with E-state index in [2.05, 4.69) is 5.32 Å². The van der Waals surface area contributed by atoms with Crippen LogP contribution in [0.4, 0.5) is 10.1 Å². The summed E-state index contributed by atoms with van der Waals surface area (Å²) in [4.78, 5) is 28.6. The molecule has 29 heavy (non-hydrogen) atoms. The molecule has 0 aliphatic carbocycles. The smallest absolute Gasteiger partial charge is 0.244 e. The van der Waals surface area contributed by atoms with Gasteiger partial charge in [-0.05, 0) is 45.0 Å². The van der Waals surface area contributed by atoms with E-state index in [9.17, 15) is 14.0 Å². The summed E-state index contributed by atoms with van der Waals surface area (Å²) in [5, 5.41) is 2.87. The Hall–Kier alpha value is -2.73. The zero-order chi connectivity index (χ0) is 21.4. The fraction of sp³-hybridized carbons (Fsp3) is 0.391. The lowest BCUT2D eigenvalue weighted by Gasteiger charge is -2.28. The fourth-order valence-corrected chi connectivity index (χ4v) is 3.14. The summed E-state index contributed by atoms with van der Waals surface area (Å²) in [6.07, 6.45) is 0.746. The molecule has 0 spiro atoms. The van der Waals surface area contributed by atoms with E-state index in [4.69, 9.17) is 0 Å². The summed E-state index contributed by atoms with van der Waals surface area (Å²) < 4.78 is 14.1. The lowest BCUT2D eigenvalue weighted by Crippen LogP contribution is -2.43. The first kappa shape index (κ1) is 22.6. The Morgan fingerprint density at radius 2 is 1.72 bits per heavy atom. The molecule has 2 aromatic carbocycles. The molecule has 0 bridgehead atoms. The van der Waals surface area contributed by atoms with Crippen molar-refractivity contribution in [1.29, 1.82) is 0 Å². The summed E-state index contributed by atoms with van der Waals surface area (Å²) in [7, 11) is 1.78. The SMILES string of the molecule is CCCN(CC(=O)Nc1ccccc1C)C(=O)CN(C)C(C)c1ccccc1F. The predicted octanol–water partition coefficient (Wildman–Crippen LogP) is 4.00. The van der Waals surface area contributed by atoms with Crippen LogP contribution in [0.3, 0.4) is 0 Å². The minimum absolute atomic E-state index is 0.0110. The van der Waals surface area contributed by atoms with Gasteiger partial charge in [-0.15, -0.1) is 0 Å². The van der Waals surface area contributed by atoms with Crippen LogP contribution in [0.25, 0.3) is 0 Å². The van der Waals surface area contributed by atoms with Gasteiger partial charge >= 0.3 is 0 Å². The van der Waals surface area contributed by atoms with Crippen LogP contribution in [0.5, 0.6) is 0 Å². The Bertz CT molecular complexity index is 840. The van der Waals surface area contributed by atoms with Crippen molar-refractivity contribution in [2.24, 2.45) is 0 Å². The molecule has 0 saturated heterocycles. The number of likely N-dealkylation sites (N-methyl/N-ethyl adjacent to an activating group) is 1.